The monoisotopic (exact) mass is 1060 g/mol. The molecule has 6 rings (SSSR count). The number of carbonyl (C=O) groups is 1. The Hall–Kier alpha value is -7.11. The number of aryl methyl sites for hydroxylation is 3. The van der Waals surface area contributed by atoms with Crippen LogP contribution in [-0.4, -0.2) is 59.7 Å². The fraction of sp³-hybridized carbons (Fsp3) is 0.245. The number of carboxylic acids is 1. The number of nitrogens with one attached hydrogen (secondary N) is 1. The summed E-state index contributed by atoms with van der Waals surface area (Å²) < 4.78 is 91.2. The number of aromatic nitrogens is 1. The molecule has 20 heteroatoms. The van der Waals surface area contributed by atoms with Crippen molar-refractivity contribution in [3.8, 4) is 47.0 Å². The normalized spacial score (nSPS) is 10.1. The van der Waals surface area contributed by atoms with Gasteiger partial charge in [0.15, 0.2) is 57.8 Å². The number of aliphatic carboxylic acids is 1. The number of halogens is 7. The third kappa shape index (κ3) is 16.0. The average Bonchev–Trinajstić information content (AvgIpc) is 3.29. The number of methoxy groups -OCH3 is 5. The number of fused-ring (bicyclic) bond motifs is 1. The molecule has 0 aliphatic heterocycles. The highest BCUT2D eigenvalue weighted by Crippen LogP contribution is 2.28. The lowest BCUT2D eigenvalue weighted by molar-refractivity contribution is -0.136. The van der Waals surface area contributed by atoms with Gasteiger partial charge in [-0.3, -0.25) is 9.59 Å². The van der Waals surface area contributed by atoms with Gasteiger partial charge in [0.25, 0.3) is 0 Å². The first-order valence-electron chi connectivity index (χ1n) is 19.9. The molecule has 0 unspecified atom stereocenters. The maximum Gasteiger partial charge on any atom is 0.307 e. The van der Waals surface area contributed by atoms with Crippen LogP contribution in [0.4, 0.5) is 22.0 Å². The lowest BCUT2D eigenvalue weighted by atomic mass is 10.0. The highest BCUT2D eigenvalue weighted by molar-refractivity contribution is 9.10. The van der Waals surface area contributed by atoms with Crippen molar-refractivity contribution in [2.24, 2.45) is 0 Å². The summed E-state index contributed by atoms with van der Waals surface area (Å²) in [6, 6.07) is 19.2. The van der Waals surface area contributed by atoms with Gasteiger partial charge in [-0.25, -0.2) is 22.0 Å². The smallest absolute Gasteiger partial charge is 0.307 e. The van der Waals surface area contributed by atoms with Crippen molar-refractivity contribution in [1.82, 2.24) is 4.98 Å². The molecule has 0 saturated heterocycles. The lowest BCUT2D eigenvalue weighted by Crippen LogP contribution is -2.42. The second kappa shape index (κ2) is 26.4. The molecule has 0 saturated carbocycles. The molecular formula is C49H47BrClF5N4O8Si. The van der Waals surface area contributed by atoms with Crippen LogP contribution in [0.3, 0.4) is 0 Å². The van der Waals surface area contributed by atoms with Crippen LogP contribution in [0.15, 0.2) is 69.9 Å². The summed E-state index contributed by atoms with van der Waals surface area (Å²) in [6.07, 6.45) is -0.334. The van der Waals surface area contributed by atoms with Gasteiger partial charge in [-0.05, 0) is 108 Å². The molecule has 0 radical (unpaired) electrons. The fourth-order valence-corrected chi connectivity index (χ4v) is 8.39. The standard InChI is InChI=1S/C12H16FNOSi.C10H7ClFNO2.C10H8FNO3.C9H8FNO.C8H8BrFO/c1-8-6-10(15-2)11(13)12(9(8)7-14)16(3,4)5;1-15-8-2-5-3-9(14)13-10(11)6(5)4-7(8)12;1-15-9-3-6(4-10(13)14)7(5-12)2-8(9)11;1-6-3-9(12-2)8(10)4-7(6)5-11;1-5-3-8(11-2)7(10)4-6(5)9/h6H,1-5H3;2-4H,1H3,(H,13,14);2-3H,4H2,1H3,(H,13,14);3-4H,1-2H3;3-4H,1-2H3. The Morgan fingerprint density at radius 3 is 1.58 bits per heavy atom. The van der Waals surface area contributed by atoms with E-state index in [1.54, 1.807) is 25.1 Å². The molecule has 69 heavy (non-hydrogen) atoms. The first-order valence-corrected chi connectivity index (χ1v) is 24.6. The molecule has 2 N–H and O–H groups in total. The highest BCUT2D eigenvalue weighted by atomic mass is 79.9. The number of nitriles is 3. The van der Waals surface area contributed by atoms with Crippen molar-refractivity contribution in [3.63, 3.8) is 0 Å². The number of carboxylic acid groups (broad SMARTS) is 1. The molecule has 0 fully saturated rings. The zero-order valence-electron chi connectivity index (χ0n) is 39.3. The van der Waals surface area contributed by atoms with Gasteiger partial charge in [0.2, 0.25) is 5.56 Å². The minimum Gasteiger partial charge on any atom is -0.494 e. The number of hydrogen-bond donors (Lipinski definition) is 2. The second-order valence-electron chi connectivity index (χ2n) is 15.3. The number of rotatable bonds is 8. The molecule has 0 atom stereocenters. The molecule has 6 aromatic rings. The summed E-state index contributed by atoms with van der Waals surface area (Å²) >= 11 is 8.98. The van der Waals surface area contributed by atoms with Crippen LogP contribution >= 0.6 is 27.5 Å². The minimum absolute atomic E-state index is 0.00991. The van der Waals surface area contributed by atoms with E-state index in [0.717, 1.165) is 27.2 Å². The third-order valence-electron chi connectivity index (χ3n) is 9.48. The predicted octanol–water partition coefficient (Wildman–Crippen LogP) is 11.1. The minimum atomic E-state index is -1.90. The van der Waals surface area contributed by atoms with E-state index in [2.05, 4.69) is 31.7 Å². The van der Waals surface area contributed by atoms with Gasteiger partial charge < -0.3 is 33.8 Å². The molecular weight excluding hydrogens is 1010 g/mol. The number of ether oxygens (including phenoxy) is 5. The molecule has 12 nitrogen and oxygen atoms in total. The van der Waals surface area contributed by atoms with Gasteiger partial charge in [-0.15, -0.1) is 0 Å². The van der Waals surface area contributed by atoms with Crippen molar-refractivity contribution in [2.75, 3.05) is 35.5 Å². The first kappa shape index (κ1) is 58.0. The molecule has 1 aromatic heterocycles. The number of aromatic amines is 1. The molecule has 0 bridgehead atoms. The van der Waals surface area contributed by atoms with Crippen molar-refractivity contribution < 1.29 is 55.5 Å². The van der Waals surface area contributed by atoms with Crippen molar-refractivity contribution >= 4 is 57.5 Å². The molecule has 0 amide bonds. The SMILES string of the molecule is COc1cc(C)c(Br)cc1F.COc1cc(C)c(C#N)c([Si](C)(C)C)c1F.COc1cc(C)c(C#N)cc1F.COc1cc(CC(=O)O)c(C#N)cc1F.COc1cc2cc(=O)[nH]c(Cl)c2cc1F. The van der Waals surface area contributed by atoms with Gasteiger partial charge >= 0.3 is 5.97 Å². The van der Waals surface area contributed by atoms with Crippen LogP contribution in [0.2, 0.25) is 24.8 Å². The Bertz CT molecular complexity index is 3020. The topological polar surface area (TPSA) is 188 Å². The molecule has 0 aliphatic carbocycles. The Kier molecular flexibility index (Phi) is 22.2. The first-order chi connectivity index (χ1) is 32.3. The van der Waals surface area contributed by atoms with Crippen LogP contribution in [0.5, 0.6) is 28.7 Å². The third-order valence-corrected chi connectivity index (χ3v) is 12.6. The maximum atomic E-state index is 14.2. The summed E-state index contributed by atoms with van der Waals surface area (Å²) in [5, 5.41) is 36.6. The van der Waals surface area contributed by atoms with E-state index in [-0.39, 0.29) is 68.6 Å². The molecule has 364 valence electrons. The van der Waals surface area contributed by atoms with Gasteiger partial charge in [-0.2, -0.15) is 15.8 Å². The van der Waals surface area contributed by atoms with E-state index in [1.807, 2.05) is 39.6 Å². The summed E-state index contributed by atoms with van der Waals surface area (Å²) in [6.45, 7) is 11.5. The molecule has 0 spiro atoms. The van der Waals surface area contributed by atoms with Crippen LogP contribution < -0.4 is 34.4 Å². The van der Waals surface area contributed by atoms with E-state index >= 15 is 0 Å². The number of pyridine rings is 1. The lowest BCUT2D eigenvalue weighted by Gasteiger charge is -2.21. The van der Waals surface area contributed by atoms with Crippen LogP contribution in [0.25, 0.3) is 10.8 Å². The largest absolute Gasteiger partial charge is 0.494 e. The van der Waals surface area contributed by atoms with E-state index in [4.69, 9.17) is 51.4 Å². The van der Waals surface area contributed by atoms with Gasteiger partial charge in [0.05, 0.1) is 84.9 Å². The predicted molar refractivity (Wildman–Crippen MR) is 258 cm³/mol. The van der Waals surface area contributed by atoms with Crippen LogP contribution in [0, 0.1) is 83.9 Å². The second-order valence-corrected chi connectivity index (χ2v) is 21.6. The van der Waals surface area contributed by atoms with E-state index in [1.165, 1.54) is 78.0 Å². The van der Waals surface area contributed by atoms with E-state index in [0.29, 0.717) is 27.1 Å². The Balaban J connectivity index is 0.000000298. The Morgan fingerprint density at radius 1 is 0.652 bits per heavy atom. The zero-order chi connectivity index (χ0) is 52.5. The summed E-state index contributed by atoms with van der Waals surface area (Å²) in [7, 11) is 5.02. The fourth-order valence-electron chi connectivity index (χ4n) is 6.03. The summed E-state index contributed by atoms with van der Waals surface area (Å²) in [4.78, 5) is 24.0. The Labute approximate surface area is 410 Å². The van der Waals surface area contributed by atoms with Crippen molar-refractivity contribution in [2.45, 2.75) is 46.8 Å². The van der Waals surface area contributed by atoms with Crippen molar-refractivity contribution in [3.05, 3.63) is 149 Å². The van der Waals surface area contributed by atoms with E-state index in [9.17, 15) is 31.5 Å². The number of hydrogen-bond acceptors (Lipinski definition) is 10. The van der Waals surface area contributed by atoms with Crippen LogP contribution in [0.1, 0.15) is 38.9 Å². The van der Waals surface area contributed by atoms with Crippen LogP contribution in [-0.2, 0) is 11.2 Å². The molecule has 5 aromatic carbocycles. The highest BCUT2D eigenvalue weighted by Gasteiger charge is 2.28. The van der Waals surface area contributed by atoms with E-state index < -0.39 is 31.5 Å². The molecule has 0 aliphatic rings. The maximum absolute atomic E-state index is 14.2. The number of nitrogens with zero attached hydrogens (tertiary/aromatic N) is 3. The number of H-pyrrole nitrogens is 1. The van der Waals surface area contributed by atoms with Crippen molar-refractivity contribution in [1.29, 1.82) is 15.8 Å². The average molecular weight is 1060 g/mol. The Morgan fingerprint density at radius 2 is 1.10 bits per heavy atom. The molecule has 1 heterocycles. The number of benzene rings is 5. The van der Waals surface area contributed by atoms with Gasteiger partial charge in [0, 0.05) is 15.9 Å². The summed E-state index contributed by atoms with van der Waals surface area (Å²) in [5.41, 5.74) is 3.18. The zero-order valence-corrected chi connectivity index (χ0v) is 42.6. The quantitative estimate of drug-likeness (QED) is 0.0839. The van der Waals surface area contributed by atoms with Gasteiger partial charge in [0.1, 0.15) is 5.15 Å². The summed E-state index contributed by atoms with van der Waals surface area (Å²) in [5.74, 6) is -2.78. The van der Waals surface area contributed by atoms with Gasteiger partial charge in [-0.1, -0.05) is 47.2 Å².